The maximum Gasteiger partial charge on any atom is 0.270 e. The summed E-state index contributed by atoms with van der Waals surface area (Å²) < 4.78 is 3.19. The van der Waals surface area contributed by atoms with Crippen LogP contribution in [0, 0.1) is 12.8 Å². The van der Waals surface area contributed by atoms with Gasteiger partial charge in [0.25, 0.3) is 11.5 Å². The van der Waals surface area contributed by atoms with Crippen molar-refractivity contribution in [1.82, 2.24) is 29.5 Å². The number of pyridine rings is 1. The highest BCUT2D eigenvalue weighted by Crippen LogP contribution is 2.28. The third-order valence-corrected chi connectivity index (χ3v) is 4.59. The number of fused-ring (bicyclic) bond motifs is 1. The van der Waals surface area contributed by atoms with E-state index in [1.165, 1.54) is 16.9 Å². The summed E-state index contributed by atoms with van der Waals surface area (Å²) in [4.78, 5) is 33.0. The molecule has 1 saturated carbocycles. The molecule has 0 spiro atoms. The van der Waals surface area contributed by atoms with Crippen molar-refractivity contribution in [2.24, 2.45) is 5.92 Å². The Bertz CT molecular complexity index is 972. The van der Waals surface area contributed by atoms with Gasteiger partial charge in [0.2, 0.25) is 0 Å². The first-order chi connectivity index (χ1) is 12.1. The van der Waals surface area contributed by atoms with Gasteiger partial charge < -0.3 is 5.32 Å². The van der Waals surface area contributed by atoms with Gasteiger partial charge in [-0.2, -0.15) is 5.10 Å². The van der Waals surface area contributed by atoms with E-state index in [4.69, 9.17) is 0 Å². The molecule has 1 aliphatic rings. The number of nitrogens with one attached hydrogen (secondary N) is 1. The quantitative estimate of drug-likeness (QED) is 0.759. The van der Waals surface area contributed by atoms with E-state index in [-0.39, 0.29) is 23.1 Å². The molecule has 0 aromatic carbocycles. The second-order valence-electron chi connectivity index (χ2n) is 6.53. The van der Waals surface area contributed by atoms with Crippen molar-refractivity contribution >= 4 is 11.6 Å². The monoisotopic (exact) mass is 338 g/mol. The van der Waals surface area contributed by atoms with Gasteiger partial charge in [-0.1, -0.05) is 0 Å². The van der Waals surface area contributed by atoms with Gasteiger partial charge in [0.1, 0.15) is 23.9 Å². The molecule has 0 bridgehead atoms. The van der Waals surface area contributed by atoms with E-state index in [1.807, 2.05) is 19.1 Å². The summed E-state index contributed by atoms with van der Waals surface area (Å²) in [5.41, 5.74) is 1.28. The highest BCUT2D eigenvalue weighted by Gasteiger charge is 2.31. The summed E-state index contributed by atoms with van der Waals surface area (Å²) in [5.74, 6) is 0.0995. The normalized spacial score (nSPS) is 19.6. The molecular formula is C17H18N6O2. The van der Waals surface area contributed by atoms with Crippen molar-refractivity contribution in [1.29, 1.82) is 0 Å². The number of carbonyl (C=O) groups is 1. The molecule has 3 heterocycles. The molecule has 0 saturated heterocycles. The highest BCUT2D eigenvalue weighted by atomic mass is 16.2. The van der Waals surface area contributed by atoms with Crippen LogP contribution in [0.15, 0.2) is 42.0 Å². The van der Waals surface area contributed by atoms with Crippen LogP contribution in [-0.2, 0) is 6.54 Å². The molecule has 3 aromatic rings. The molecule has 8 nitrogen and oxygen atoms in total. The van der Waals surface area contributed by atoms with E-state index in [0.717, 1.165) is 24.9 Å². The van der Waals surface area contributed by atoms with Crippen LogP contribution in [0.4, 0.5) is 0 Å². The zero-order chi connectivity index (χ0) is 17.4. The van der Waals surface area contributed by atoms with Crippen LogP contribution in [0.5, 0.6) is 0 Å². The number of nitrogens with zero attached hydrogens (tertiary/aromatic N) is 5. The Morgan fingerprint density at radius 2 is 2.24 bits per heavy atom. The molecule has 3 aromatic heterocycles. The van der Waals surface area contributed by atoms with Gasteiger partial charge in [-0.15, -0.1) is 0 Å². The zero-order valence-corrected chi connectivity index (χ0v) is 13.8. The van der Waals surface area contributed by atoms with Gasteiger partial charge in [0.15, 0.2) is 0 Å². The largest absolute Gasteiger partial charge is 0.349 e. The van der Waals surface area contributed by atoms with Crippen molar-refractivity contribution in [2.75, 3.05) is 0 Å². The SMILES string of the molecule is Cc1ccn2c(=O)c(C(=O)NC3CC(Cn4cncn4)C3)cnc2c1. The lowest BCUT2D eigenvalue weighted by atomic mass is 9.80. The molecule has 1 fully saturated rings. The Morgan fingerprint density at radius 1 is 1.40 bits per heavy atom. The van der Waals surface area contributed by atoms with E-state index >= 15 is 0 Å². The summed E-state index contributed by atoms with van der Waals surface area (Å²) in [6, 6.07) is 3.71. The van der Waals surface area contributed by atoms with Crippen LogP contribution < -0.4 is 10.9 Å². The topological polar surface area (TPSA) is 94.2 Å². The Labute approximate surface area is 143 Å². The number of hydrogen-bond donors (Lipinski definition) is 1. The van der Waals surface area contributed by atoms with Crippen LogP contribution in [0.25, 0.3) is 5.65 Å². The predicted octanol–water partition coefficient (Wildman–Crippen LogP) is 0.803. The van der Waals surface area contributed by atoms with E-state index < -0.39 is 0 Å². The fourth-order valence-electron chi connectivity index (χ4n) is 3.19. The molecule has 128 valence electrons. The Morgan fingerprint density at radius 3 is 3.00 bits per heavy atom. The number of aryl methyl sites for hydroxylation is 1. The smallest absolute Gasteiger partial charge is 0.270 e. The molecule has 0 unspecified atom stereocenters. The third-order valence-electron chi connectivity index (χ3n) is 4.59. The maximum atomic E-state index is 12.5. The molecule has 0 aliphatic heterocycles. The van der Waals surface area contributed by atoms with Gasteiger partial charge in [0, 0.05) is 25.0 Å². The maximum absolute atomic E-state index is 12.5. The molecule has 8 heteroatoms. The van der Waals surface area contributed by atoms with Crippen LogP contribution >= 0.6 is 0 Å². The lowest BCUT2D eigenvalue weighted by molar-refractivity contribution is 0.0877. The van der Waals surface area contributed by atoms with E-state index in [0.29, 0.717) is 11.6 Å². The first-order valence-corrected chi connectivity index (χ1v) is 8.21. The van der Waals surface area contributed by atoms with Crippen LogP contribution in [0.1, 0.15) is 28.8 Å². The van der Waals surface area contributed by atoms with Gasteiger partial charge in [-0.3, -0.25) is 18.7 Å². The van der Waals surface area contributed by atoms with Crippen molar-refractivity contribution in [2.45, 2.75) is 32.4 Å². The summed E-state index contributed by atoms with van der Waals surface area (Å²) >= 11 is 0. The average molecular weight is 338 g/mol. The van der Waals surface area contributed by atoms with E-state index in [2.05, 4.69) is 20.4 Å². The van der Waals surface area contributed by atoms with E-state index in [9.17, 15) is 9.59 Å². The minimum absolute atomic E-state index is 0.0704. The first kappa shape index (κ1) is 15.5. The lowest BCUT2D eigenvalue weighted by Gasteiger charge is -2.35. The third kappa shape index (κ3) is 3.02. The zero-order valence-electron chi connectivity index (χ0n) is 13.8. The number of carbonyl (C=O) groups excluding carboxylic acids is 1. The number of amides is 1. The van der Waals surface area contributed by atoms with Crippen molar-refractivity contribution < 1.29 is 4.79 Å². The molecule has 0 radical (unpaired) electrons. The number of hydrogen-bond acceptors (Lipinski definition) is 5. The Kier molecular flexibility index (Phi) is 3.79. The second kappa shape index (κ2) is 6.12. The molecule has 1 aliphatic carbocycles. The lowest BCUT2D eigenvalue weighted by Crippen LogP contribution is -2.46. The summed E-state index contributed by atoms with van der Waals surface area (Å²) in [6.45, 7) is 2.73. The minimum atomic E-state index is -0.364. The molecule has 0 atom stereocenters. The van der Waals surface area contributed by atoms with Gasteiger partial charge in [-0.25, -0.2) is 9.97 Å². The summed E-state index contributed by atoms with van der Waals surface area (Å²) in [5, 5.41) is 7.01. The van der Waals surface area contributed by atoms with Crippen LogP contribution in [-0.4, -0.2) is 36.1 Å². The molecule has 1 amide bonds. The Hall–Kier alpha value is -3.03. The predicted molar refractivity (Wildman–Crippen MR) is 90.2 cm³/mol. The van der Waals surface area contributed by atoms with Gasteiger partial charge in [0.05, 0.1) is 0 Å². The molecule has 1 N–H and O–H groups in total. The average Bonchev–Trinajstić information content (AvgIpc) is 3.06. The van der Waals surface area contributed by atoms with Crippen molar-refractivity contribution in [3.05, 3.63) is 58.7 Å². The number of aromatic nitrogens is 5. The first-order valence-electron chi connectivity index (χ1n) is 8.21. The summed E-state index contributed by atoms with van der Waals surface area (Å²) in [7, 11) is 0. The van der Waals surface area contributed by atoms with Crippen molar-refractivity contribution in [3.63, 3.8) is 0 Å². The van der Waals surface area contributed by atoms with E-state index in [1.54, 1.807) is 17.2 Å². The second-order valence-corrected chi connectivity index (χ2v) is 6.53. The molecular weight excluding hydrogens is 320 g/mol. The number of rotatable bonds is 4. The van der Waals surface area contributed by atoms with Gasteiger partial charge >= 0.3 is 0 Å². The van der Waals surface area contributed by atoms with Crippen LogP contribution in [0.3, 0.4) is 0 Å². The van der Waals surface area contributed by atoms with Gasteiger partial charge in [-0.05, 0) is 43.4 Å². The highest BCUT2D eigenvalue weighted by molar-refractivity contribution is 5.94. The van der Waals surface area contributed by atoms with Crippen molar-refractivity contribution in [3.8, 4) is 0 Å². The minimum Gasteiger partial charge on any atom is -0.349 e. The molecule has 25 heavy (non-hydrogen) atoms. The summed E-state index contributed by atoms with van der Waals surface area (Å²) in [6.07, 6.45) is 7.95. The van der Waals surface area contributed by atoms with Crippen LogP contribution in [0.2, 0.25) is 0 Å². The molecule has 4 rings (SSSR count). The fourth-order valence-corrected chi connectivity index (χ4v) is 3.19. The fraction of sp³-hybridized carbons (Fsp3) is 0.353. The Balaban J connectivity index is 1.42. The standard InChI is InChI=1S/C17H18N6O2/c1-11-2-3-23-15(4-11)19-7-14(17(23)25)16(24)21-13-5-12(6-13)8-22-10-18-9-20-22/h2-4,7,9-10,12-13H,5-6,8H2,1H3,(H,21,24).